The molecule has 7 heteroatoms. The summed E-state index contributed by atoms with van der Waals surface area (Å²) in [5, 5.41) is 5.87. The van der Waals surface area contributed by atoms with Crippen LogP contribution in [-0.4, -0.2) is 47.5 Å². The van der Waals surface area contributed by atoms with E-state index in [0.717, 1.165) is 49.7 Å². The molecule has 1 aromatic carbocycles. The van der Waals surface area contributed by atoms with E-state index in [9.17, 15) is 14.4 Å². The Kier molecular flexibility index (Phi) is 14.8. The van der Waals surface area contributed by atoms with Gasteiger partial charge in [0.1, 0.15) is 17.7 Å². The summed E-state index contributed by atoms with van der Waals surface area (Å²) >= 11 is 0. The summed E-state index contributed by atoms with van der Waals surface area (Å²) in [5.74, 6) is -0.651. The van der Waals surface area contributed by atoms with Crippen molar-refractivity contribution in [1.29, 1.82) is 0 Å². The molecule has 0 fully saturated rings. The molecule has 0 saturated heterocycles. The van der Waals surface area contributed by atoms with Crippen LogP contribution in [0.4, 0.5) is 4.79 Å². The first kappa shape index (κ1) is 33.2. The average Bonchev–Trinajstić information content (AvgIpc) is 2.87. The molecule has 7 nitrogen and oxygen atoms in total. The average molecular weight is 530 g/mol. The van der Waals surface area contributed by atoms with E-state index < -0.39 is 23.8 Å². The van der Waals surface area contributed by atoms with Gasteiger partial charge in [-0.3, -0.25) is 9.59 Å². The van der Waals surface area contributed by atoms with Crippen molar-refractivity contribution in [2.24, 2.45) is 5.92 Å². The summed E-state index contributed by atoms with van der Waals surface area (Å²) in [6.07, 6.45) is 7.39. The Hall–Kier alpha value is -2.83. The van der Waals surface area contributed by atoms with Crippen LogP contribution in [0.3, 0.4) is 0 Å². The number of ether oxygens (including phenoxy) is 1. The van der Waals surface area contributed by atoms with Crippen molar-refractivity contribution in [3.8, 4) is 0 Å². The van der Waals surface area contributed by atoms with Crippen molar-refractivity contribution in [2.45, 2.75) is 111 Å². The molecule has 0 heterocycles. The number of nitrogens with one attached hydrogen (secondary N) is 2. The van der Waals surface area contributed by atoms with Crippen molar-refractivity contribution >= 4 is 24.0 Å². The van der Waals surface area contributed by atoms with Crippen molar-refractivity contribution in [1.82, 2.24) is 15.5 Å². The van der Waals surface area contributed by atoms with Crippen molar-refractivity contribution in [3.63, 3.8) is 0 Å². The molecule has 1 rings (SSSR count). The van der Waals surface area contributed by atoms with Gasteiger partial charge in [-0.2, -0.15) is 0 Å². The summed E-state index contributed by atoms with van der Waals surface area (Å²) in [4.78, 5) is 42.4. The van der Waals surface area contributed by atoms with Crippen molar-refractivity contribution < 1.29 is 19.1 Å². The van der Waals surface area contributed by atoms with Gasteiger partial charge in [-0.1, -0.05) is 90.7 Å². The van der Waals surface area contributed by atoms with Gasteiger partial charge in [-0.25, -0.2) is 4.79 Å². The molecular weight excluding hydrogens is 478 g/mol. The van der Waals surface area contributed by atoms with E-state index in [2.05, 4.69) is 31.1 Å². The minimum Gasteiger partial charge on any atom is -0.444 e. The highest BCUT2D eigenvalue weighted by Crippen LogP contribution is 2.26. The van der Waals surface area contributed by atoms with Gasteiger partial charge in [-0.05, 0) is 56.7 Å². The molecule has 3 atom stereocenters. The number of rotatable bonds is 16. The molecule has 38 heavy (non-hydrogen) atoms. The molecule has 1 aromatic rings. The van der Waals surface area contributed by atoms with Gasteiger partial charge in [0.25, 0.3) is 0 Å². The van der Waals surface area contributed by atoms with Gasteiger partial charge in [0.2, 0.25) is 11.8 Å². The Morgan fingerprint density at radius 1 is 1.05 bits per heavy atom. The monoisotopic (exact) mass is 529 g/mol. The van der Waals surface area contributed by atoms with Gasteiger partial charge in [0.05, 0.1) is 0 Å². The second-order valence-electron chi connectivity index (χ2n) is 11.0. The van der Waals surface area contributed by atoms with Crippen LogP contribution in [0.1, 0.15) is 111 Å². The molecule has 214 valence electrons. The quantitative estimate of drug-likeness (QED) is 0.235. The predicted octanol–water partition coefficient (Wildman–Crippen LogP) is 6.64. The number of alkyl carbamates (subject to hydrolysis) is 1. The molecule has 0 spiro atoms. The van der Waals surface area contributed by atoms with Crippen LogP contribution in [-0.2, 0) is 14.3 Å². The van der Waals surface area contributed by atoms with Crippen LogP contribution in [0.5, 0.6) is 0 Å². The lowest BCUT2D eigenvalue weighted by Crippen LogP contribution is -2.55. The molecule has 0 aliphatic rings. The van der Waals surface area contributed by atoms with E-state index in [-0.39, 0.29) is 17.7 Å². The molecule has 2 N–H and O–H groups in total. The number of hydrogen-bond acceptors (Lipinski definition) is 4. The highest BCUT2D eigenvalue weighted by atomic mass is 16.6. The van der Waals surface area contributed by atoms with E-state index >= 15 is 0 Å². The third-order valence-electron chi connectivity index (χ3n) is 6.54. The largest absolute Gasteiger partial charge is 0.444 e. The smallest absolute Gasteiger partial charge is 0.408 e. The summed E-state index contributed by atoms with van der Waals surface area (Å²) in [6, 6.07) is 5.93. The molecular formula is C31H51N3O4. The topological polar surface area (TPSA) is 87.7 Å². The zero-order valence-electron chi connectivity index (χ0n) is 24.8. The maximum Gasteiger partial charge on any atom is 0.408 e. The SMILES string of the molecule is C=Cc1cccc(C(C(=O)NCCCC)N(CCCCCC)C(=O)C(NC(=O)OC(C)(C)C)C(C)CC)c1. The number of nitrogens with zero attached hydrogens (tertiary/aromatic N) is 1. The number of amides is 3. The fourth-order valence-electron chi connectivity index (χ4n) is 4.19. The number of hydrogen-bond donors (Lipinski definition) is 2. The van der Waals surface area contributed by atoms with Gasteiger partial charge in [0.15, 0.2) is 0 Å². The van der Waals surface area contributed by atoms with Crippen LogP contribution in [0.2, 0.25) is 0 Å². The molecule has 0 aliphatic carbocycles. The summed E-state index contributed by atoms with van der Waals surface area (Å²) in [6.45, 7) is 18.3. The second kappa shape index (κ2) is 16.9. The van der Waals surface area contributed by atoms with Crippen LogP contribution in [0.15, 0.2) is 30.8 Å². The summed E-state index contributed by atoms with van der Waals surface area (Å²) in [7, 11) is 0. The number of benzene rings is 1. The van der Waals surface area contributed by atoms with E-state index in [0.29, 0.717) is 19.5 Å². The van der Waals surface area contributed by atoms with Gasteiger partial charge < -0.3 is 20.3 Å². The van der Waals surface area contributed by atoms with E-state index in [4.69, 9.17) is 4.74 Å². The first-order chi connectivity index (χ1) is 18.0. The molecule has 0 radical (unpaired) electrons. The van der Waals surface area contributed by atoms with Crippen LogP contribution in [0, 0.1) is 5.92 Å². The van der Waals surface area contributed by atoms with Gasteiger partial charge in [-0.15, -0.1) is 0 Å². The lowest BCUT2D eigenvalue weighted by Gasteiger charge is -2.36. The molecule has 3 amide bonds. The lowest BCUT2D eigenvalue weighted by atomic mass is 9.95. The molecule has 0 aromatic heterocycles. The fraction of sp³-hybridized carbons (Fsp3) is 0.645. The standard InChI is InChI=1S/C31H51N3O4/c1-9-13-15-16-21-34(29(36)26(23(5)11-3)33-30(37)38-31(6,7)8)27(28(35)32-20-14-10-2)25-19-17-18-24(12-4)22-25/h12,17-19,22-23,26-27H,4,9-11,13-16,20-21H2,1-3,5-8H3,(H,32,35)(H,33,37). The predicted molar refractivity (Wildman–Crippen MR) is 156 cm³/mol. The third-order valence-corrected chi connectivity index (χ3v) is 6.54. The Labute approximate surface area is 230 Å². The second-order valence-corrected chi connectivity index (χ2v) is 11.0. The third kappa shape index (κ3) is 11.3. The Morgan fingerprint density at radius 2 is 1.74 bits per heavy atom. The Bertz CT molecular complexity index is 893. The maximum atomic E-state index is 14.3. The molecule has 0 bridgehead atoms. The highest BCUT2D eigenvalue weighted by molar-refractivity contribution is 5.92. The van der Waals surface area contributed by atoms with Crippen LogP contribution in [0.25, 0.3) is 6.08 Å². The number of carbonyl (C=O) groups is 3. The minimum atomic E-state index is -0.826. The highest BCUT2D eigenvalue weighted by Gasteiger charge is 2.37. The van der Waals surface area contributed by atoms with Crippen LogP contribution < -0.4 is 10.6 Å². The molecule has 0 saturated carbocycles. The maximum absolute atomic E-state index is 14.3. The summed E-state index contributed by atoms with van der Waals surface area (Å²) in [5.41, 5.74) is 0.901. The minimum absolute atomic E-state index is 0.156. The summed E-state index contributed by atoms with van der Waals surface area (Å²) < 4.78 is 5.48. The number of carbonyl (C=O) groups excluding carboxylic acids is 3. The zero-order chi connectivity index (χ0) is 28.7. The van der Waals surface area contributed by atoms with Crippen molar-refractivity contribution in [2.75, 3.05) is 13.1 Å². The van der Waals surface area contributed by atoms with Crippen molar-refractivity contribution in [3.05, 3.63) is 42.0 Å². The first-order valence-electron chi connectivity index (χ1n) is 14.3. The van der Waals surface area contributed by atoms with E-state index in [1.165, 1.54) is 0 Å². The Morgan fingerprint density at radius 3 is 2.32 bits per heavy atom. The fourth-order valence-corrected chi connectivity index (χ4v) is 4.19. The van der Waals surface area contributed by atoms with Gasteiger partial charge in [0, 0.05) is 13.1 Å². The molecule has 0 aliphatic heterocycles. The lowest BCUT2D eigenvalue weighted by molar-refractivity contribution is -0.143. The van der Waals surface area contributed by atoms with Gasteiger partial charge >= 0.3 is 6.09 Å². The van der Waals surface area contributed by atoms with E-state index in [1.54, 1.807) is 31.7 Å². The molecule has 3 unspecified atom stereocenters. The zero-order valence-corrected chi connectivity index (χ0v) is 24.8. The van der Waals surface area contributed by atoms with Crippen LogP contribution >= 0.6 is 0 Å². The Balaban J connectivity index is 3.52. The number of unbranched alkanes of at least 4 members (excludes halogenated alkanes) is 4. The van der Waals surface area contributed by atoms with E-state index in [1.807, 2.05) is 38.1 Å². The first-order valence-corrected chi connectivity index (χ1v) is 14.3. The normalized spacial score (nSPS) is 13.7.